The molecular formula is C29H28N2O4S. The number of hydrogen-bond acceptors (Lipinski definition) is 4. The molecule has 0 aliphatic carbocycles. The van der Waals surface area contributed by atoms with Gasteiger partial charge in [0, 0.05) is 12.1 Å². The number of nitrogens with one attached hydrogen (secondary N) is 2. The van der Waals surface area contributed by atoms with Gasteiger partial charge in [-0.1, -0.05) is 60.2 Å². The summed E-state index contributed by atoms with van der Waals surface area (Å²) in [5.41, 5.74) is 4.46. The van der Waals surface area contributed by atoms with Gasteiger partial charge in [0.05, 0.1) is 22.8 Å². The Morgan fingerprint density at radius 1 is 0.833 bits per heavy atom. The van der Waals surface area contributed by atoms with Crippen LogP contribution in [0.25, 0.3) is 0 Å². The van der Waals surface area contributed by atoms with Gasteiger partial charge in [0.25, 0.3) is 15.9 Å². The molecule has 0 saturated carbocycles. The second-order valence-electron chi connectivity index (χ2n) is 8.48. The number of aryl methyl sites for hydroxylation is 2. The molecule has 0 aromatic heterocycles. The number of para-hydroxylation sites is 1. The molecule has 0 fully saturated rings. The molecule has 4 aromatic rings. The van der Waals surface area contributed by atoms with E-state index in [9.17, 15) is 13.2 Å². The van der Waals surface area contributed by atoms with Crippen LogP contribution in [0.4, 0.5) is 11.4 Å². The van der Waals surface area contributed by atoms with Gasteiger partial charge in [-0.15, -0.1) is 0 Å². The molecule has 0 aliphatic rings. The van der Waals surface area contributed by atoms with E-state index in [-0.39, 0.29) is 10.8 Å². The lowest BCUT2D eigenvalue weighted by atomic mass is 10.1. The zero-order valence-corrected chi connectivity index (χ0v) is 21.0. The number of anilines is 2. The molecule has 2 N–H and O–H groups in total. The molecule has 0 spiro atoms. The Morgan fingerprint density at radius 3 is 2.25 bits per heavy atom. The standard InChI is InChI=1S/C29H28N2O4S/c1-21-12-17-27(22(2)20-21)31-36(33,34)25-15-13-24(14-16-25)30-29(32)26-10-6-7-11-28(26)35-19-18-23-8-4-3-5-9-23/h3-17,20,31H,18-19H2,1-2H3,(H,30,32). The first-order valence-electron chi connectivity index (χ1n) is 11.6. The lowest BCUT2D eigenvalue weighted by Gasteiger charge is -2.13. The molecule has 4 aromatic carbocycles. The normalized spacial score (nSPS) is 11.1. The predicted octanol–water partition coefficient (Wildman–Crippen LogP) is 5.98. The summed E-state index contributed by atoms with van der Waals surface area (Å²) < 4.78 is 34.2. The van der Waals surface area contributed by atoms with Crippen molar-refractivity contribution in [1.82, 2.24) is 0 Å². The Labute approximate surface area is 212 Å². The van der Waals surface area contributed by atoms with Crippen molar-refractivity contribution in [2.24, 2.45) is 0 Å². The van der Waals surface area contributed by atoms with Gasteiger partial charge in [-0.05, 0) is 67.4 Å². The van der Waals surface area contributed by atoms with Crippen LogP contribution in [0.2, 0.25) is 0 Å². The van der Waals surface area contributed by atoms with Crippen molar-refractivity contribution in [1.29, 1.82) is 0 Å². The zero-order valence-electron chi connectivity index (χ0n) is 20.2. The maximum Gasteiger partial charge on any atom is 0.261 e. The molecule has 0 saturated heterocycles. The van der Waals surface area contributed by atoms with E-state index in [0.29, 0.717) is 29.3 Å². The Kier molecular flexibility index (Phi) is 7.71. The Hall–Kier alpha value is -4.10. The molecule has 184 valence electrons. The van der Waals surface area contributed by atoms with E-state index >= 15 is 0 Å². The van der Waals surface area contributed by atoms with Crippen LogP contribution in [0.5, 0.6) is 5.75 Å². The minimum Gasteiger partial charge on any atom is -0.492 e. The third-order valence-electron chi connectivity index (χ3n) is 5.67. The van der Waals surface area contributed by atoms with Crippen LogP contribution < -0.4 is 14.8 Å². The predicted molar refractivity (Wildman–Crippen MR) is 143 cm³/mol. The quantitative estimate of drug-likeness (QED) is 0.296. The molecule has 6 nitrogen and oxygen atoms in total. The zero-order chi connectivity index (χ0) is 25.5. The fourth-order valence-corrected chi connectivity index (χ4v) is 4.88. The van der Waals surface area contributed by atoms with Crippen LogP contribution in [0.3, 0.4) is 0 Å². The second kappa shape index (κ2) is 11.1. The van der Waals surface area contributed by atoms with E-state index in [2.05, 4.69) is 10.0 Å². The first-order chi connectivity index (χ1) is 17.3. The summed E-state index contributed by atoms with van der Waals surface area (Å²) in [7, 11) is -3.77. The molecule has 7 heteroatoms. The molecule has 0 atom stereocenters. The first kappa shape index (κ1) is 25.0. The number of hydrogen-bond donors (Lipinski definition) is 2. The lowest BCUT2D eigenvalue weighted by molar-refractivity contribution is 0.102. The van der Waals surface area contributed by atoms with Gasteiger partial charge in [-0.2, -0.15) is 0 Å². The van der Waals surface area contributed by atoms with E-state index in [1.165, 1.54) is 12.1 Å². The van der Waals surface area contributed by atoms with Gasteiger partial charge in [-0.25, -0.2) is 8.42 Å². The Bertz CT molecular complexity index is 1450. The average molecular weight is 501 g/mol. The third-order valence-corrected chi connectivity index (χ3v) is 7.05. The summed E-state index contributed by atoms with van der Waals surface area (Å²) in [5.74, 6) is 0.150. The van der Waals surface area contributed by atoms with Gasteiger partial charge >= 0.3 is 0 Å². The van der Waals surface area contributed by atoms with Crippen molar-refractivity contribution in [3.8, 4) is 5.75 Å². The maximum atomic E-state index is 12.9. The number of ether oxygens (including phenoxy) is 1. The monoisotopic (exact) mass is 500 g/mol. The van der Waals surface area contributed by atoms with Crippen LogP contribution >= 0.6 is 0 Å². The van der Waals surface area contributed by atoms with Crippen molar-refractivity contribution in [3.05, 3.63) is 119 Å². The molecule has 4 rings (SSSR count). The molecule has 0 radical (unpaired) electrons. The summed E-state index contributed by atoms with van der Waals surface area (Å²) in [6.45, 7) is 4.24. The largest absolute Gasteiger partial charge is 0.492 e. The van der Waals surface area contributed by atoms with Crippen LogP contribution in [0.1, 0.15) is 27.0 Å². The van der Waals surface area contributed by atoms with E-state index in [1.54, 1.807) is 36.4 Å². The summed E-state index contributed by atoms with van der Waals surface area (Å²) in [6, 6.07) is 28.6. The van der Waals surface area contributed by atoms with Crippen molar-refractivity contribution < 1.29 is 17.9 Å². The van der Waals surface area contributed by atoms with Gasteiger partial charge in [0.15, 0.2) is 0 Å². The molecule has 36 heavy (non-hydrogen) atoms. The number of carbonyl (C=O) groups excluding carboxylic acids is 1. The minimum atomic E-state index is -3.77. The van der Waals surface area contributed by atoms with Crippen molar-refractivity contribution >= 4 is 27.3 Å². The van der Waals surface area contributed by atoms with Gasteiger partial charge in [-0.3, -0.25) is 9.52 Å². The van der Waals surface area contributed by atoms with Crippen LogP contribution in [-0.4, -0.2) is 20.9 Å². The molecule has 1 amide bonds. The Morgan fingerprint density at radius 2 is 1.53 bits per heavy atom. The number of sulfonamides is 1. The van der Waals surface area contributed by atoms with E-state index in [1.807, 2.05) is 62.4 Å². The minimum absolute atomic E-state index is 0.102. The highest BCUT2D eigenvalue weighted by Crippen LogP contribution is 2.23. The lowest BCUT2D eigenvalue weighted by Crippen LogP contribution is -2.15. The van der Waals surface area contributed by atoms with Crippen molar-refractivity contribution in [2.75, 3.05) is 16.6 Å². The highest BCUT2D eigenvalue weighted by Gasteiger charge is 2.17. The highest BCUT2D eigenvalue weighted by molar-refractivity contribution is 7.92. The fourth-order valence-electron chi connectivity index (χ4n) is 3.75. The summed E-state index contributed by atoms with van der Waals surface area (Å²) in [4.78, 5) is 13.0. The number of benzene rings is 4. The molecule has 0 bridgehead atoms. The summed E-state index contributed by atoms with van der Waals surface area (Å²) in [5, 5.41) is 2.82. The summed E-state index contributed by atoms with van der Waals surface area (Å²) in [6.07, 6.45) is 0.725. The van der Waals surface area contributed by atoms with Gasteiger partial charge in [0.1, 0.15) is 5.75 Å². The fraction of sp³-hybridized carbons (Fsp3) is 0.138. The SMILES string of the molecule is Cc1ccc(NS(=O)(=O)c2ccc(NC(=O)c3ccccc3OCCc3ccccc3)cc2)c(C)c1. The van der Waals surface area contributed by atoms with Gasteiger partial charge < -0.3 is 10.1 Å². The number of rotatable bonds is 9. The van der Waals surface area contributed by atoms with Crippen LogP contribution in [0, 0.1) is 13.8 Å². The van der Waals surface area contributed by atoms with Crippen molar-refractivity contribution in [3.63, 3.8) is 0 Å². The average Bonchev–Trinajstić information content (AvgIpc) is 2.87. The molecule has 0 heterocycles. The van der Waals surface area contributed by atoms with Crippen molar-refractivity contribution in [2.45, 2.75) is 25.2 Å². The first-order valence-corrected chi connectivity index (χ1v) is 13.1. The molecule has 0 unspecified atom stereocenters. The molecular weight excluding hydrogens is 472 g/mol. The topological polar surface area (TPSA) is 84.5 Å². The number of carbonyl (C=O) groups is 1. The van der Waals surface area contributed by atoms with Crippen LogP contribution in [-0.2, 0) is 16.4 Å². The second-order valence-corrected chi connectivity index (χ2v) is 10.2. The van der Waals surface area contributed by atoms with Gasteiger partial charge in [0.2, 0.25) is 0 Å². The number of amides is 1. The van der Waals surface area contributed by atoms with E-state index < -0.39 is 10.0 Å². The van der Waals surface area contributed by atoms with Crippen LogP contribution in [0.15, 0.2) is 102 Å². The summed E-state index contributed by atoms with van der Waals surface area (Å²) >= 11 is 0. The smallest absolute Gasteiger partial charge is 0.261 e. The molecule has 0 aliphatic heterocycles. The maximum absolute atomic E-state index is 12.9. The highest BCUT2D eigenvalue weighted by atomic mass is 32.2. The van der Waals surface area contributed by atoms with E-state index in [4.69, 9.17) is 4.74 Å². The van der Waals surface area contributed by atoms with E-state index in [0.717, 1.165) is 23.1 Å². The Balaban J connectivity index is 1.41. The third kappa shape index (κ3) is 6.31.